The van der Waals surface area contributed by atoms with Gasteiger partial charge >= 0.3 is 0 Å². The SMILES string of the molecule is COc1ccc(Cn2c(C(C)c3ccc4cc(OC)ccc4c3)nc3ccccc32)cc1. The molecule has 160 valence electrons. The van der Waals surface area contributed by atoms with Crippen molar-refractivity contribution >= 4 is 21.8 Å². The molecule has 0 aliphatic rings. The van der Waals surface area contributed by atoms with Gasteiger partial charge in [0.1, 0.15) is 17.3 Å². The Hall–Kier alpha value is -3.79. The molecule has 0 aliphatic heterocycles. The van der Waals surface area contributed by atoms with E-state index in [0.29, 0.717) is 0 Å². The molecule has 0 saturated heterocycles. The Labute approximate surface area is 188 Å². The third-order valence-corrected chi connectivity index (χ3v) is 6.14. The molecule has 1 unspecified atom stereocenters. The Morgan fingerprint density at radius 1 is 0.781 bits per heavy atom. The summed E-state index contributed by atoms with van der Waals surface area (Å²) in [6, 6.07) is 29.4. The van der Waals surface area contributed by atoms with Crippen molar-refractivity contribution in [3.05, 3.63) is 102 Å². The molecular weight excluding hydrogens is 396 g/mol. The minimum absolute atomic E-state index is 0.146. The van der Waals surface area contributed by atoms with E-state index in [9.17, 15) is 0 Å². The van der Waals surface area contributed by atoms with Crippen LogP contribution in [0.25, 0.3) is 21.8 Å². The summed E-state index contributed by atoms with van der Waals surface area (Å²) in [6.07, 6.45) is 0. The summed E-state index contributed by atoms with van der Waals surface area (Å²) < 4.78 is 13.0. The fourth-order valence-electron chi connectivity index (χ4n) is 4.29. The van der Waals surface area contributed by atoms with E-state index in [4.69, 9.17) is 14.5 Å². The van der Waals surface area contributed by atoms with Crippen LogP contribution < -0.4 is 9.47 Å². The molecule has 0 spiro atoms. The zero-order valence-electron chi connectivity index (χ0n) is 18.6. The first-order chi connectivity index (χ1) is 15.7. The fourth-order valence-corrected chi connectivity index (χ4v) is 4.29. The second-order valence-electron chi connectivity index (χ2n) is 8.09. The molecule has 1 heterocycles. The molecule has 0 amide bonds. The van der Waals surface area contributed by atoms with Crippen molar-refractivity contribution in [1.82, 2.24) is 9.55 Å². The summed E-state index contributed by atoms with van der Waals surface area (Å²) in [6.45, 7) is 2.99. The largest absolute Gasteiger partial charge is 0.497 e. The van der Waals surface area contributed by atoms with Crippen molar-refractivity contribution in [2.45, 2.75) is 19.4 Å². The Morgan fingerprint density at radius 3 is 2.25 bits per heavy atom. The molecule has 4 nitrogen and oxygen atoms in total. The van der Waals surface area contributed by atoms with Crippen LogP contribution in [0, 0.1) is 0 Å². The van der Waals surface area contributed by atoms with Crippen molar-refractivity contribution in [3.63, 3.8) is 0 Å². The maximum atomic E-state index is 5.37. The maximum Gasteiger partial charge on any atom is 0.119 e. The molecule has 4 heteroatoms. The van der Waals surface area contributed by atoms with E-state index < -0.39 is 0 Å². The van der Waals surface area contributed by atoms with Crippen molar-refractivity contribution in [2.75, 3.05) is 14.2 Å². The molecule has 0 saturated carbocycles. The van der Waals surface area contributed by atoms with E-state index in [-0.39, 0.29) is 5.92 Å². The van der Waals surface area contributed by atoms with Crippen LogP contribution in [0.5, 0.6) is 11.5 Å². The number of ether oxygens (including phenoxy) is 2. The second-order valence-corrected chi connectivity index (χ2v) is 8.09. The number of aromatic nitrogens is 2. The summed E-state index contributed by atoms with van der Waals surface area (Å²) in [5, 5.41) is 2.38. The molecule has 0 fully saturated rings. The number of nitrogens with zero attached hydrogens (tertiary/aromatic N) is 2. The Bertz CT molecular complexity index is 1390. The molecule has 1 atom stereocenters. The highest BCUT2D eigenvalue weighted by molar-refractivity contribution is 5.85. The van der Waals surface area contributed by atoms with Crippen molar-refractivity contribution in [3.8, 4) is 11.5 Å². The summed E-state index contributed by atoms with van der Waals surface area (Å²) in [5.74, 6) is 2.95. The van der Waals surface area contributed by atoms with E-state index in [1.807, 2.05) is 24.3 Å². The van der Waals surface area contributed by atoms with Gasteiger partial charge in [-0.15, -0.1) is 0 Å². The van der Waals surface area contributed by atoms with Crippen LogP contribution in [0.1, 0.15) is 29.8 Å². The van der Waals surface area contributed by atoms with Gasteiger partial charge in [-0.1, -0.05) is 55.5 Å². The molecule has 4 aromatic carbocycles. The number of hydrogen-bond acceptors (Lipinski definition) is 3. The molecule has 0 N–H and O–H groups in total. The average Bonchev–Trinajstić information content (AvgIpc) is 3.21. The minimum atomic E-state index is 0.146. The fraction of sp³-hybridized carbons (Fsp3) is 0.179. The molecule has 32 heavy (non-hydrogen) atoms. The lowest BCUT2D eigenvalue weighted by Crippen LogP contribution is -2.09. The maximum absolute atomic E-state index is 5.37. The smallest absolute Gasteiger partial charge is 0.119 e. The number of rotatable bonds is 6. The van der Waals surface area contributed by atoms with Crippen LogP contribution in [0.3, 0.4) is 0 Å². The second kappa shape index (κ2) is 8.39. The van der Waals surface area contributed by atoms with E-state index in [0.717, 1.165) is 34.9 Å². The van der Waals surface area contributed by atoms with Gasteiger partial charge in [0, 0.05) is 12.5 Å². The molecule has 5 rings (SSSR count). The van der Waals surface area contributed by atoms with Gasteiger partial charge in [0.2, 0.25) is 0 Å². The van der Waals surface area contributed by atoms with Crippen LogP contribution in [-0.4, -0.2) is 23.8 Å². The van der Waals surface area contributed by atoms with E-state index in [1.54, 1.807) is 14.2 Å². The molecule has 0 radical (unpaired) electrons. The summed E-state index contributed by atoms with van der Waals surface area (Å²) in [5.41, 5.74) is 4.63. The highest BCUT2D eigenvalue weighted by Crippen LogP contribution is 2.31. The van der Waals surface area contributed by atoms with Gasteiger partial charge in [0.25, 0.3) is 0 Å². The van der Waals surface area contributed by atoms with Crippen molar-refractivity contribution in [1.29, 1.82) is 0 Å². The summed E-state index contributed by atoms with van der Waals surface area (Å²) in [7, 11) is 3.39. The molecule has 1 aromatic heterocycles. The molecule has 5 aromatic rings. The van der Waals surface area contributed by atoms with Gasteiger partial charge in [-0.3, -0.25) is 0 Å². The normalized spacial score (nSPS) is 12.2. The lowest BCUT2D eigenvalue weighted by Gasteiger charge is -2.16. The molecular formula is C28H26N2O2. The highest BCUT2D eigenvalue weighted by atomic mass is 16.5. The number of imidazole rings is 1. The van der Waals surface area contributed by atoms with Gasteiger partial charge in [-0.25, -0.2) is 4.98 Å². The molecule has 0 aliphatic carbocycles. The van der Waals surface area contributed by atoms with E-state index in [2.05, 4.69) is 72.2 Å². The first kappa shape index (κ1) is 20.1. The van der Waals surface area contributed by atoms with Gasteiger partial charge in [0.15, 0.2) is 0 Å². The highest BCUT2D eigenvalue weighted by Gasteiger charge is 2.19. The van der Waals surface area contributed by atoms with Crippen LogP contribution >= 0.6 is 0 Å². The number of para-hydroxylation sites is 2. The van der Waals surface area contributed by atoms with Crippen molar-refractivity contribution < 1.29 is 9.47 Å². The first-order valence-electron chi connectivity index (χ1n) is 10.8. The monoisotopic (exact) mass is 422 g/mol. The zero-order chi connectivity index (χ0) is 22.1. The minimum Gasteiger partial charge on any atom is -0.497 e. The van der Waals surface area contributed by atoms with E-state index >= 15 is 0 Å². The number of benzene rings is 4. The standard InChI is InChI=1S/C28H26N2O2/c1-19(21-10-11-23-17-25(32-3)15-12-22(23)16-21)28-29-26-6-4-5-7-27(26)30(28)18-20-8-13-24(31-2)14-9-20/h4-17,19H,18H2,1-3H3. The Kier molecular flexibility index (Phi) is 5.28. The third kappa shape index (κ3) is 3.69. The van der Waals surface area contributed by atoms with Gasteiger partial charge in [-0.05, 0) is 58.3 Å². The number of fused-ring (bicyclic) bond motifs is 2. The lowest BCUT2D eigenvalue weighted by atomic mass is 9.97. The predicted octanol–water partition coefficient (Wildman–Crippen LogP) is 6.41. The van der Waals surface area contributed by atoms with E-state index in [1.165, 1.54) is 21.9 Å². The van der Waals surface area contributed by atoms with Crippen LogP contribution in [0.15, 0.2) is 84.9 Å². The topological polar surface area (TPSA) is 36.3 Å². The van der Waals surface area contributed by atoms with Crippen molar-refractivity contribution in [2.24, 2.45) is 0 Å². The summed E-state index contributed by atoms with van der Waals surface area (Å²) in [4.78, 5) is 5.04. The van der Waals surface area contributed by atoms with Gasteiger partial charge < -0.3 is 14.0 Å². The lowest BCUT2D eigenvalue weighted by molar-refractivity contribution is 0.414. The van der Waals surface area contributed by atoms with Crippen LogP contribution in [0.2, 0.25) is 0 Å². The van der Waals surface area contributed by atoms with Crippen LogP contribution in [0.4, 0.5) is 0 Å². The first-order valence-corrected chi connectivity index (χ1v) is 10.8. The number of hydrogen-bond donors (Lipinski definition) is 0. The Morgan fingerprint density at radius 2 is 1.47 bits per heavy atom. The quantitative estimate of drug-likeness (QED) is 0.317. The Balaban J connectivity index is 1.56. The van der Waals surface area contributed by atoms with Crippen LogP contribution in [-0.2, 0) is 6.54 Å². The average molecular weight is 423 g/mol. The molecule has 0 bridgehead atoms. The zero-order valence-corrected chi connectivity index (χ0v) is 18.6. The summed E-state index contributed by atoms with van der Waals surface area (Å²) >= 11 is 0. The predicted molar refractivity (Wildman–Crippen MR) is 130 cm³/mol. The van der Waals surface area contributed by atoms with Gasteiger partial charge in [-0.2, -0.15) is 0 Å². The third-order valence-electron chi connectivity index (χ3n) is 6.14. The number of methoxy groups -OCH3 is 2. The van der Waals surface area contributed by atoms with Gasteiger partial charge in [0.05, 0.1) is 25.3 Å².